The van der Waals surface area contributed by atoms with Gasteiger partial charge in [0, 0.05) is 71.3 Å². The maximum absolute atomic E-state index is 14.0. The number of methoxy groups -OCH3 is 2. The molecule has 0 saturated carbocycles. The summed E-state index contributed by atoms with van der Waals surface area (Å²) in [5.74, 6) is 1.63. The molecule has 5 rings (SSSR count). The lowest BCUT2D eigenvalue weighted by molar-refractivity contribution is -0.142. The van der Waals surface area contributed by atoms with Gasteiger partial charge in [-0.25, -0.2) is 14.8 Å². The van der Waals surface area contributed by atoms with Gasteiger partial charge in [0.25, 0.3) is 0 Å². The fourth-order valence-corrected chi connectivity index (χ4v) is 6.22. The highest BCUT2D eigenvalue weighted by atomic mass is 16.6. The summed E-state index contributed by atoms with van der Waals surface area (Å²) in [6.07, 6.45) is 3.65. The number of nitrogen functional groups attached to an aromatic ring is 1. The first kappa shape index (κ1) is 35.1. The van der Waals surface area contributed by atoms with Gasteiger partial charge in [0.15, 0.2) is 12.4 Å². The first-order valence-corrected chi connectivity index (χ1v) is 16.9. The molecule has 1 aliphatic rings. The van der Waals surface area contributed by atoms with E-state index in [1.54, 1.807) is 13.2 Å². The van der Waals surface area contributed by atoms with Crippen LogP contribution in [0.4, 0.5) is 5.82 Å². The van der Waals surface area contributed by atoms with Gasteiger partial charge in [0.2, 0.25) is 5.91 Å². The highest BCUT2D eigenvalue weighted by Crippen LogP contribution is 2.29. The van der Waals surface area contributed by atoms with E-state index in [0.717, 1.165) is 91.7 Å². The average molecular weight is 660 g/mol. The molecule has 1 aliphatic heterocycles. The molecule has 0 bridgehead atoms. The number of piperazine rings is 1. The number of benzene rings is 2. The Kier molecular flexibility index (Phi) is 12.6. The van der Waals surface area contributed by atoms with Gasteiger partial charge in [-0.2, -0.15) is 0 Å². The highest BCUT2D eigenvalue weighted by Gasteiger charge is 2.23. The van der Waals surface area contributed by atoms with E-state index >= 15 is 0 Å². The SMILES string of the molecule is CCCCc1nc2c(N)nc3ccccc3c2n1CCCN(Cc1cccc(OCC(=O)OC)c1)C(=O)CN1CCN(CCOC)CC1. The Morgan fingerprint density at radius 1 is 0.958 bits per heavy atom. The molecule has 1 saturated heterocycles. The Hall–Kier alpha value is -4.26. The van der Waals surface area contributed by atoms with E-state index in [4.69, 9.17) is 24.9 Å². The second-order valence-corrected chi connectivity index (χ2v) is 12.3. The van der Waals surface area contributed by atoms with E-state index in [-0.39, 0.29) is 12.5 Å². The van der Waals surface area contributed by atoms with Gasteiger partial charge in [0.05, 0.1) is 31.3 Å². The van der Waals surface area contributed by atoms with Gasteiger partial charge in [0.1, 0.15) is 17.1 Å². The summed E-state index contributed by atoms with van der Waals surface area (Å²) in [5.41, 5.74) is 9.94. The van der Waals surface area contributed by atoms with Crippen molar-refractivity contribution in [1.29, 1.82) is 0 Å². The minimum absolute atomic E-state index is 0.0850. The molecule has 4 aromatic rings. The normalized spacial score (nSPS) is 14.1. The molecule has 2 aromatic heterocycles. The number of aryl methyl sites for hydroxylation is 2. The van der Waals surface area contributed by atoms with Crippen LogP contribution in [0.25, 0.3) is 21.9 Å². The largest absolute Gasteiger partial charge is 0.482 e. The quantitative estimate of drug-likeness (QED) is 0.168. The van der Waals surface area contributed by atoms with Crippen molar-refractivity contribution in [2.45, 2.75) is 45.7 Å². The van der Waals surface area contributed by atoms with E-state index in [9.17, 15) is 9.59 Å². The lowest BCUT2D eigenvalue weighted by atomic mass is 10.1. The number of nitrogens with zero attached hydrogens (tertiary/aromatic N) is 6. The Bertz CT molecular complexity index is 1670. The smallest absolute Gasteiger partial charge is 0.343 e. The van der Waals surface area contributed by atoms with Crippen molar-refractivity contribution in [2.75, 3.05) is 79.0 Å². The van der Waals surface area contributed by atoms with Gasteiger partial charge in [-0.05, 0) is 36.6 Å². The molecule has 258 valence electrons. The van der Waals surface area contributed by atoms with Crippen molar-refractivity contribution in [2.24, 2.45) is 0 Å². The van der Waals surface area contributed by atoms with E-state index in [1.165, 1.54) is 7.11 Å². The topological polar surface area (TPSA) is 128 Å². The maximum Gasteiger partial charge on any atom is 0.343 e. The van der Waals surface area contributed by atoms with Crippen molar-refractivity contribution < 1.29 is 23.8 Å². The minimum atomic E-state index is -0.449. The number of anilines is 1. The number of hydrogen-bond donors (Lipinski definition) is 1. The Balaban J connectivity index is 1.34. The van der Waals surface area contributed by atoms with E-state index in [0.29, 0.717) is 44.4 Å². The molecular weight excluding hydrogens is 610 g/mol. The van der Waals surface area contributed by atoms with Gasteiger partial charge in [-0.3, -0.25) is 14.6 Å². The first-order chi connectivity index (χ1) is 23.4. The average Bonchev–Trinajstić information content (AvgIpc) is 3.48. The molecule has 12 nitrogen and oxygen atoms in total. The Morgan fingerprint density at radius 2 is 1.75 bits per heavy atom. The lowest BCUT2D eigenvalue weighted by Gasteiger charge is -2.35. The fraction of sp³-hybridized carbons (Fsp3) is 0.500. The molecule has 0 aliphatic carbocycles. The number of aromatic nitrogens is 3. The number of hydrogen-bond acceptors (Lipinski definition) is 10. The molecule has 1 amide bonds. The summed E-state index contributed by atoms with van der Waals surface area (Å²) in [6.45, 7) is 9.15. The van der Waals surface area contributed by atoms with E-state index < -0.39 is 5.97 Å². The van der Waals surface area contributed by atoms with Crippen molar-refractivity contribution >= 4 is 39.6 Å². The molecule has 2 N–H and O–H groups in total. The molecule has 0 atom stereocenters. The van der Waals surface area contributed by atoms with Gasteiger partial charge >= 0.3 is 5.97 Å². The van der Waals surface area contributed by atoms with Crippen LogP contribution in [-0.2, 0) is 38.6 Å². The van der Waals surface area contributed by atoms with Crippen molar-refractivity contribution in [3.63, 3.8) is 0 Å². The van der Waals surface area contributed by atoms with Crippen LogP contribution in [0, 0.1) is 0 Å². The van der Waals surface area contributed by atoms with Gasteiger partial charge in [-0.1, -0.05) is 43.7 Å². The third kappa shape index (κ3) is 9.00. The van der Waals surface area contributed by atoms with Gasteiger partial charge < -0.3 is 29.4 Å². The summed E-state index contributed by atoms with van der Waals surface area (Å²) in [7, 11) is 3.05. The second-order valence-electron chi connectivity index (χ2n) is 12.3. The monoisotopic (exact) mass is 659 g/mol. The van der Waals surface area contributed by atoms with Crippen LogP contribution in [0.3, 0.4) is 0 Å². The molecule has 0 spiro atoms. The van der Waals surface area contributed by atoms with Crippen molar-refractivity contribution in [1.82, 2.24) is 29.2 Å². The third-order valence-electron chi connectivity index (χ3n) is 8.90. The molecule has 48 heavy (non-hydrogen) atoms. The summed E-state index contributed by atoms with van der Waals surface area (Å²) >= 11 is 0. The summed E-state index contributed by atoms with van der Waals surface area (Å²) < 4.78 is 17.9. The van der Waals surface area contributed by atoms with Crippen LogP contribution < -0.4 is 10.5 Å². The second kappa shape index (κ2) is 17.2. The molecule has 1 fully saturated rings. The number of fused-ring (bicyclic) bond motifs is 3. The summed E-state index contributed by atoms with van der Waals surface area (Å²) in [6, 6.07) is 15.6. The minimum Gasteiger partial charge on any atom is -0.482 e. The molecule has 12 heteroatoms. The predicted molar refractivity (Wildman–Crippen MR) is 187 cm³/mol. The van der Waals surface area contributed by atoms with Crippen LogP contribution in [0.1, 0.15) is 37.6 Å². The fourth-order valence-electron chi connectivity index (χ4n) is 6.22. The molecular formula is C36H49N7O5. The number of carbonyl (C=O) groups excluding carboxylic acids is 2. The number of carbonyl (C=O) groups is 2. The van der Waals surface area contributed by atoms with Crippen LogP contribution in [-0.4, -0.2) is 114 Å². The zero-order chi connectivity index (χ0) is 33.9. The molecule has 3 heterocycles. The zero-order valence-electron chi connectivity index (χ0n) is 28.5. The number of imidazole rings is 1. The van der Waals surface area contributed by atoms with E-state index in [1.807, 2.05) is 41.3 Å². The maximum atomic E-state index is 14.0. The van der Waals surface area contributed by atoms with E-state index in [2.05, 4.69) is 32.3 Å². The number of amides is 1. The van der Waals surface area contributed by atoms with Crippen molar-refractivity contribution in [3.05, 3.63) is 59.9 Å². The Labute approximate surface area is 282 Å². The van der Waals surface area contributed by atoms with Crippen LogP contribution in [0.2, 0.25) is 0 Å². The number of rotatable bonds is 17. The number of ether oxygens (including phenoxy) is 3. The number of nitrogens with two attached hydrogens (primary N) is 1. The van der Waals surface area contributed by atoms with Crippen LogP contribution in [0.5, 0.6) is 5.75 Å². The summed E-state index contributed by atoms with van der Waals surface area (Å²) in [5, 5.41) is 1.03. The highest BCUT2D eigenvalue weighted by molar-refractivity contribution is 6.06. The molecule has 0 radical (unpaired) electrons. The zero-order valence-corrected chi connectivity index (χ0v) is 28.5. The lowest BCUT2D eigenvalue weighted by Crippen LogP contribution is -2.50. The number of unbranched alkanes of at least 4 members (excludes halogenated alkanes) is 1. The van der Waals surface area contributed by atoms with Crippen LogP contribution >= 0.6 is 0 Å². The predicted octanol–water partition coefficient (Wildman–Crippen LogP) is 3.74. The standard InChI is InChI=1S/C36H49N7O5/c1-4-5-14-31-39-34-35(29-12-6-7-13-30(29)38-36(34)37)43(31)16-9-15-42(24-27-10-8-11-28(23-27)48-26-33(45)47-3)32(44)25-41-19-17-40(18-20-41)21-22-46-2/h6-8,10-13,23H,4-5,9,14-22,24-26H2,1-3H3,(H2,37,38). The molecule has 0 unspecified atom stereocenters. The first-order valence-electron chi connectivity index (χ1n) is 16.9. The summed E-state index contributed by atoms with van der Waals surface area (Å²) in [4.78, 5) is 41.8. The molecule has 2 aromatic carbocycles. The number of esters is 1. The Morgan fingerprint density at radius 3 is 2.52 bits per heavy atom. The van der Waals surface area contributed by atoms with Crippen LogP contribution in [0.15, 0.2) is 48.5 Å². The third-order valence-corrected chi connectivity index (χ3v) is 8.90. The number of pyridine rings is 1. The van der Waals surface area contributed by atoms with Crippen molar-refractivity contribution in [3.8, 4) is 5.75 Å². The van der Waals surface area contributed by atoms with Gasteiger partial charge in [-0.15, -0.1) is 0 Å². The number of para-hydroxylation sites is 1.